The fourth-order valence-electron chi connectivity index (χ4n) is 2.11. The van der Waals surface area contributed by atoms with Crippen LogP contribution in [0.3, 0.4) is 0 Å². The molecular formula is C17H16BrNO5S. The zero-order chi connectivity index (χ0) is 18.6. The third-order valence-electron chi connectivity index (χ3n) is 3.36. The quantitative estimate of drug-likeness (QED) is 0.393. The third kappa shape index (κ3) is 4.32. The predicted molar refractivity (Wildman–Crippen MR) is 99.1 cm³/mol. The molecule has 6 nitrogen and oxygen atoms in total. The maximum atomic E-state index is 12.4. The summed E-state index contributed by atoms with van der Waals surface area (Å²) >= 11 is 4.19. The second-order valence-electron chi connectivity index (χ2n) is 5.04. The minimum Gasteiger partial charge on any atom is -0.488 e. The second-order valence-corrected chi connectivity index (χ2v) is 6.89. The van der Waals surface area contributed by atoms with Crippen LogP contribution in [0.4, 0.5) is 4.79 Å². The van der Waals surface area contributed by atoms with E-state index in [9.17, 15) is 14.4 Å². The highest BCUT2D eigenvalue weighted by Crippen LogP contribution is 2.35. The number of ether oxygens (including phenoxy) is 2. The van der Waals surface area contributed by atoms with Crippen LogP contribution in [0.15, 0.2) is 40.2 Å². The Hall–Kier alpha value is -2.06. The minimum absolute atomic E-state index is 0.243. The van der Waals surface area contributed by atoms with Crippen molar-refractivity contribution in [2.24, 2.45) is 0 Å². The van der Waals surface area contributed by atoms with Crippen LogP contribution in [-0.2, 0) is 14.3 Å². The molecule has 2 amide bonds. The van der Waals surface area contributed by atoms with Crippen molar-refractivity contribution in [2.75, 3.05) is 13.7 Å². The SMILES string of the molecule is C=CCOc1ccc(/C=C2/SC(=O)N([C@@H](C)C(=O)OC)C2=O)cc1Br. The number of halogens is 1. The number of amides is 2. The second kappa shape index (κ2) is 8.35. The van der Waals surface area contributed by atoms with Crippen molar-refractivity contribution in [2.45, 2.75) is 13.0 Å². The molecule has 1 aliphatic heterocycles. The molecule has 1 atom stereocenters. The van der Waals surface area contributed by atoms with E-state index < -0.39 is 23.2 Å². The first-order valence-electron chi connectivity index (χ1n) is 7.27. The number of thioether (sulfide) groups is 1. The Balaban J connectivity index is 2.23. The van der Waals surface area contributed by atoms with Crippen molar-refractivity contribution in [1.82, 2.24) is 4.90 Å². The summed E-state index contributed by atoms with van der Waals surface area (Å²) in [5, 5.41) is -0.501. The van der Waals surface area contributed by atoms with Crippen molar-refractivity contribution in [3.05, 3.63) is 45.8 Å². The summed E-state index contributed by atoms with van der Waals surface area (Å²) in [6.45, 7) is 5.42. The average Bonchev–Trinajstić information content (AvgIpc) is 2.86. The van der Waals surface area contributed by atoms with Gasteiger partial charge in [0.2, 0.25) is 0 Å². The summed E-state index contributed by atoms with van der Waals surface area (Å²) < 4.78 is 10.8. The number of carbonyl (C=O) groups excluding carboxylic acids is 3. The number of nitrogens with zero attached hydrogens (tertiary/aromatic N) is 1. The van der Waals surface area contributed by atoms with Gasteiger partial charge in [0.15, 0.2) is 0 Å². The molecule has 0 bridgehead atoms. The predicted octanol–water partition coefficient (Wildman–Crippen LogP) is 3.61. The monoisotopic (exact) mass is 425 g/mol. The van der Waals surface area contributed by atoms with Crippen LogP contribution in [0.25, 0.3) is 6.08 Å². The van der Waals surface area contributed by atoms with Gasteiger partial charge < -0.3 is 9.47 Å². The van der Waals surface area contributed by atoms with Gasteiger partial charge in [-0.25, -0.2) is 4.79 Å². The highest BCUT2D eigenvalue weighted by atomic mass is 79.9. The van der Waals surface area contributed by atoms with Crippen LogP contribution >= 0.6 is 27.7 Å². The lowest BCUT2D eigenvalue weighted by Crippen LogP contribution is -2.42. The first-order valence-corrected chi connectivity index (χ1v) is 8.88. The maximum Gasteiger partial charge on any atom is 0.328 e. The number of benzene rings is 1. The first-order chi connectivity index (χ1) is 11.9. The fraction of sp³-hybridized carbons (Fsp3) is 0.235. The van der Waals surface area contributed by atoms with Gasteiger partial charge in [-0.1, -0.05) is 18.7 Å². The molecule has 0 aromatic heterocycles. The number of imide groups is 1. The Morgan fingerprint density at radius 2 is 2.16 bits per heavy atom. The molecule has 132 valence electrons. The van der Waals surface area contributed by atoms with E-state index in [2.05, 4.69) is 27.2 Å². The van der Waals surface area contributed by atoms with Crippen molar-refractivity contribution < 1.29 is 23.9 Å². The van der Waals surface area contributed by atoms with Crippen LogP contribution in [0, 0.1) is 0 Å². The Bertz CT molecular complexity index is 761. The number of carbonyl (C=O) groups is 3. The molecule has 0 N–H and O–H groups in total. The number of methoxy groups -OCH3 is 1. The largest absolute Gasteiger partial charge is 0.488 e. The van der Waals surface area contributed by atoms with E-state index in [-0.39, 0.29) is 4.91 Å². The molecule has 1 aromatic rings. The van der Waals surface area contributed by atoms with Crippen LogP contribution < -0.4 is 4.74 Å². The lowest BCUT2D eigenvalue weighted by atomic mass is 10.2. The third-order valence-corrected chi connectivity index (χ3v) is 4.87. The van der Waals surface area contributed by atoms with E-state index in [0.717, 1.165) is 16.7 Å². The molecule has 1 fully saturated rings. The van der Waals surface area contributed by atoms with Crippen molar-refractivity contribution in [3.63, 3.8) is 0 Å². The molecule has 0 spiro atoms. The summed E-state index contributed by atoms with van der Waals surface area (Å²) in [4.78, 5) is 37.2. The van der Waals surface area contributed by atoms with Gasteiger partial charge in [-0.3, -0.25) is 14.5 Å². The number of rotatable bonds is 6. The van der Waals surface area contributed by atoms with E-state index in [0.29, 0.717) is 22.4 Å². The van der Waals surface area contributed by atoms with E-state index in [1.807, 2.05) is 0 Å². The lowest BCUT2D eigenvalue weighted by molar-refractivity contribution is -0.148. The summed E-state index contributed by atoms with van der Waals surface area (Å²) in [5.41, 5.74) is 0.717. The fourth-order valence-corrected chi connectivity index (χ4v) is 3.53. The van der Waals surface area contributed by atoms with E-state index in [4.69, 9.17) is 4.74 Å². The van der Waals surface area contributed by atoms with Crippen molar-refractivity contribution >= 4 is 50.9 Å². The normalized spacial score (nSPS) is 16.9. The van der Waals surface area contributed by atoms with E-state index >= 15 is 0 Å². The molecule has 0 radical (unpaired) electrons. The van der Waals surface area contributed by atoms with Gasteiger partial charge in [0.25, 0.3) is 11.1 Å². The highest BCUT2D eigenvalue weighted by molar-refractivity contribution is 9.10. The van der Waals surface area contributed by atoms with E-state index in [1.54, 1.807) is 30.4 Å². The smallest absolute Gasteiger partial charge is 0.328 e. The minimum atomic E-state index is -0.968. The zero-order valence-corrected chi connectivity index (χ0v) is 16.1. The van der Waals surface area contributed by atoms with Crippen molar-refractivity contribution in [1.29, 1.82) is 0 Å². The van der Waals surface area contributed by atoms with Crippen molar-refractivity contribution in [3.8, 4) is 5.75 Å². The summed E-state index contributed by atoms with van der Waals surface area (Å²) in [6.07, 6.45) is 3.23. The molecule has 1 aromatic carbocycles. The maximum absolute atomic E-state index is 12.4. The molecule has 0 unspecified atom stereocenters. The summed E-state index contributed by atoms with van der Waals surface area (Å²) in [7, 11) is 1.21. The molecule has 8 heteroatoms. The summed E-state index contributed by atoms with van der Waals surface area (Å²) in [5.74, 6) is -0.518. The molecule has 1 aliphatic rings. The lowest BCUT2D eigenvalue weighted by Gasteiger charge is -2.18. The van der Waals surface area contributed by atoms with Gasteiger partial charge in [0, 0.05) is 0 Å². The number of esters is 1. The van der Waals surface area contributed by atoms with Crippen LogP contribution in [0.2, 0.25) is 0 Å². The van der Waals surface area contributed by atoms with Gasteiger partial charge in [0.05, 0.1) is 16.5 Å². The molecular weight excluding hydrogens is 410 g/mol. The Labute approximate surface area is 158 Å². The van der Waals surface area contributed by atoms with Gasteiger partial charge >= 0.3 is 5.97 Å². The molecule has 25 heavy (non-hydrogen) atoms. The topological polar surface area (TPSA) is 72.9 Å². The number of hydrogen-bond donors (Lipinski definition) is 0. The Kier molecular flexibility index (Phi) is 6.44. The molecule has 0 aliphatic carbocycles. The Morgan fingerprint density at radius 3 is 2.76 bits per heavy atom. The first kappa shape index (κ1) is 19.3. The molecule has 1 heterocycles. The van der Waals surface area contributed by atoms with Crippen LogP contribution in [0.1, 0.15) is 12.5 Å². The number of hydrogen-bond acceptors (Lipinski definition) is 6. The van der Waals surface area contributed by atoms with E-state index in [1.165, 1.54) is 14.0 Å². The van der Waals surface area contributed by atoms with Gasteiger partial charge in [-0.15, -0.1) is 0 Å². The molecule has 2 rings (SSSR count). The molecule has 0 saturated carbocycles. The average molecular weight is 426 g/mol. The van der Waals surface area contributed by atoms with Gasteiger partial charge in [-0.2, -0.15) is 0 Å². The van der Waals surface area contributed by atoms with Gasteiger partial charge in [-0.05, 0) is 58.4 Å². The standard InChI is InChI=1S/C17H16BrNO5S/c1-4-7-24-13-6-5-11(8-12(13)18)9-14-15(20)19(17(22)25-14)10(2)16(21)23-3/h4-6,8-10H,1,7H2,2-3H3/b14-9+/t10-/m0/s1. The van der Waals surface area contributed by atoms with Crippen LogP contribution in [-0.4, -0.2) is 41.8 Å². The van der Waals surface area contributed by atoms with Crippen LogP contribution in [0.5, 0.6) is 5.75 Å². The highest BCUT2D eigenvalue weighted by Gasteiger charge is 2.41. The summed E-state index contributed by atoms with van der Waals surface area (Å²) in [6, 6.07) is 4.32. The zero-order valence-electron chi connectivity index (χ0n) is 13.7. The Morgan fingerprint density at radius 1 is 1.44 bits per heavy atom. The van der Waals surface area contributed by atoms with Gasteiger partial charge in [0.1, 0.15) is 18.4 Å². The molecule has 1 saturated heterocycles.